The molecule has 0 radical (unpaired) electrons. The van der Waals surface area contributed by atoms with Crippen molar-refractivity contribution in [2.24, 2.45) is 5.73 Å². The van der Waals surface area contributed by atoms with E-state index in [0.717, 1.165) is 25.8 Å². The van der Waals surface area contributed by atoms with Crippen LogP contribution in [0.1, 0.15) is 27.6 Å². The third-order valence-electron chi connectivity index (χ3n) is 1.98. The average molecular weight is 277 g/mol. The van der Waals surface area contributed by atoms with Crippen molar-refractivity contribution in [2.45, 2.75) is 26.2 Å². The molecule has 0 aromatic rings. The van der Waals surface area contributed by atoms with E-state index in [1.807, 2.05) is 6.92 Å². The smallest absolute Gasteiger partial charge is 1.00 e. The van der Waals surface area contributed by atoms with Crippen molar-refractivity contribution in [3.8, 4) is 0 Å². The second-order valence-electron chi connectivity index (χ2n) is 3.59. The van der Waals surface area contributed by atoms with Crippen molar-refractivity contribution in [1.82, 2.24) is 10.8 Å². The first-order valence-corrected chi connectivity index (χ1v) is 7.52. The van der Waals surface area contributed by atoms with Crippen molar-refractivity contribution in [3.63, 3.8) is 0 Å². The second kappa shape index (κ2) is 13.5. The molecule has 8 heteroatoms. The van der Waals surface area contributed by atoms with E-state index < -0.39 is 7.60 Å². The number of unbranched alkanes of at least 4 members (excludes halogenated alkanes) is 2. The summed E-state index contributed by atoms with van der Waals surface area (Å²) in [6.07, 6.45) is 2.91. The topological polar surface area (TPSA) is 96.6 Å². The van der Waals surface area contributed by atoms with E-state index in [0.29, 0.717) is 19.6 Å². The van der Waals surface area contributed by atoms with Crippen molar-refractivity contribution >= 4 is 7.60 Å². The molecule has 6 nitrogen and oxygen atoms in total. The van der Waals surface area contributed by atoms with Gasteiger partial charge in [0, 0.05) is 26.2 Å². The maximum absolute atomic E-state index is 11.4. The molecule has 0 aliphatic heterocycles. The van der Waals surface area contributed by atoms with Gasteiger partial charge in [0.15, 0.2) is 0 Å². The van der Waals surface area contributed by atoms with Gasteiger partial charge in [-0.1, -0.05) is 19.8 Å². The van der Waals surface area contributed by atoms with E-state index in [1.54, 1.807) is 0 Å². The predicted octanol–water partition coefficient (Wildman–Crippen LogP) is -2.45. The molecule has 0 saturated carbocycles. The summed E-state index contributed by atoms with van der Waals surface area (Å²) < 4.78 is 16.2. The van der Waals surface area contributed by atoms with Gasteiger partial charge in [0.05, 0.1) is 6.16 Å². The van der Waals surface area contributed by atoms with Gasteiger partial charge in [-0.2, -0.15) is 5.48 Å². The Balaban J connectivity index is -0.00000112. The molecule has 0 spiro atoms. The predicted molar refractivity (Wildman–Crippen MR) is 66.3 cm³/mol. The zero-order valence-electron chi connectivity index (χ0n) is 11.9. The molecule has 0 rings (SSSR count). The van der Waals surface area contributed by atoms with E-state index in [9.17, 15) is 9.46 Å². The second-order valence-corrected chi connectivity index (χ2v) is 5.50. The van der Waals surface area contributed by atoms with Crippen LogP contribution in [0.3, 0.4) is 0 Å². The van der Waals surface area contributed by atoms with E-state index in [2.05, 4.69) is 10.8 Å². The molecule has 5 N–H and O–H groups in total. The Kier molecular flexibility index (Phi) is 16.1. The monoisotopic (exact) mass is 277 g/mol. The molecule has 1 unspecified atom stereocenters. The van der Waals surface area contributed by atoms with Gasteiger partial charge in [-0.05, 0) is 6.42 Å². The van der Waals surface area contributed by atoms with Crippen LogP contribution in [0.5, 0.6) is 0 Å². The minimum absolute atomic E-state index is 0. The summed E-state index contributed by atoms with van der Waals surface area (Å²) in [4.78, 5) is 9.37. The summed E-state index contributed by atoms with van der Waals surface area (Å²) in [5.41, 5.74) is 7.78. The molecule has 1 atom stereocenters. The van der Waals surface area contributed by atoms with Crippen LogP contribution in [-0.2, 0) is 9.19 Å². The van der Waals surface area contributed by atoms with Gasteiger partial charge >= 0.3 is 37.2 Å². The van der Waals surface area contributed by atoms with Crippen LogP contribution >= 0.6 is 7.60 Å². The van der Waals surface area contributed by atoms with Crippen LogP contribution in [0, 0.1) is 0 Å². The Labute approximate surface area is 127 Å². The maximum Gasteiger partial charge on any atom is 1.00 e. The number of hydroxylamine groups is 1. The normalized spacial score (nSPS) is 14.1. The fourth-order valence-electron chi connectivity index (χ4n) is 1.12. The SMILES string of the molecule is CCCCCP(=O)(O)ONCCNCCN.[H-].[Na+]. The number of nitrogens with one attached hydrogen (secondary N) is 2. The molecule has 0 fully saturated rings. The van der Waals surface area contributed by atoms with E-state index >= 15 is 0 Å². The summed E-state index contributed by atoms with van der Waals surface area (Å²) in [7, 11) is -3.44. The number of rotatable bonds is 11. The maximum atomic E-state index is 11.4. The van der Waals surface area contributed by atoms with E-state index in [1.165, 1.54) is 0 Å². The van der Waals surface area contributed by atoms with Gasteiger partial charge in [-0.3, -0.25) is 4.57 Å². The minimum atomic E-state index is -3.44. The van der Waals surface area contributed by atoms with Crippen LogP contribution in [0.25, 0.3) is 0 Å². The van der Waals surface area contributed by atoms with Gasteiger partial charge in [0.2, 0.25) is 0 Å². The molecule has 100 valence electrons. The molecule has 0 aliphatic carbocycles. The fraction of sp³-hybridized carbons (Fsp3) is 1.00. The summed E-state index contributed by atoms with van der Waals surface area (Å²) in [6.45, 7) is 4.50. The quantitative estimate of drug-likeness (QED) is 0.145. The van der Waals surface area contributed by atoms with Gasteiger partial charge in [0.25, 0.3) is 0 Å². The summed E-state index contributed by atoms with van der Waals surface area (Å²) in [5.74, 6) is 0. The zero-order chi connectivity index (χ0) is 12.3. The molecule has 0 aliphatic rings. The van der Waals surface area contributed by atoms with Gasteiger partial charge in [0.1, 0.15) is 0 Å². The van der Waals surface area contributed by atoms with Crippen LogP contribution < -0.4 is 46.1 Å². The molecule has 0 aromatic carbocycles. The standard InChI is InChI=1S/C9H24N3O3P.Na.H/c1-2-3-4-9-16(13,14)15-12-8-7-11-6-5-10;;/h11-12H,2-10H2,1H3,(H,13,14);;/q;+1;-1. The van der Waals surface area contributed by atoms with Crippen molar-refractivity contribution < 1.29 is 45.1 Å². The molecule has 0 bridgehead atoms. The Morgan fingerprint density at radius 1 is 1.35 bits per heavy atom. The summed E-state index contributed by atoms with van der Waals surface area (Å²) >= 11 is 0. The van der Waals surface area contributed by atoms with Gasteiger partial charge < -0.3 is 17.4 Å². The van der Waals surface area contributed by atoms with Gasteiger partial charge in [-0.25, -0.2) is 4.62 Å². The zero-order valence-corrected chi connectivity index (χ0v) is 13.8. The Morgan fingerprint density at radius 2 is 2.06 bits per heavy atom. The van der Waals surface area contributed by atoms with E-state index in [4.69, 9.17) is 10.4 Å². The van der Waals surface area contributed by atoms with Crippen molar-refractivity contribution in [2.75, 3.05) is 32.3 Å². The largest absolute Gasteiger partial charge is 1.00 e. The molecule has 0 aromatic heterocycles. The number of hydrogen-bond acceptors (Lipinski definition) is 5. The van der Waals surface area contributed by atoms with Crippen LogP contribution in [0.15, 0.2) is 0 Å². The Morgan fingerprint density at radius 3 is 2.65 bits per heavy atom. The van der Waals surface area contributed by atoms with Crippen LogP contribution in [-0.4, -0.2) is 37.2 Å². The first-order valence-electron chi connectivity index (χ1n) is 5.76. The van der Waals surface area contributed by atoms with Gasteiger partial charge in [-0.15, -0.1) is 0 Å². The Bertz CT molecular complexity index is 215. The number of nitrogens with two attached hydrogens (primary N) is 1. The van der Waals surface area contributed by atoms with Crippen molar-refractivity contribution in [3.05, 3.63) is 0 Å². The van der Waals surface area contributed by atoms with Crippen LogP contribution in [0.2, 0.25) is 0 Å². The molecular weight excluding hydrogens is 252 g/mol. The number of hydrogen-bond donors (Lipinski definition) is 4. The third-order valence-corrected chi connectivity index (χ3v) is 3.27. The molecule has 0 amide bonds. The van der Waals surface area contributed by atoms with Crippen molar-refractivity contribution in [1.29, 1.82) is 0 Å². The first-order chi connectivity index (χ1) is 7.62. The average Bonchev–Trinajstić information content (AvgIpc) is 2.23. The fourth-order valence-corrected chi connectivity index (χ4v) is 2.13. The molecule has 17 heavy (non-hydrogen) atoms. The third kappa shape index (κ3) is 15.0. The minimum Gasteiger partial charge on any atom is -1.00 e. The first kappa shape index (κ1) is 20.3. The van der Waals surface area contributed by atoms with Crippen LogP contribution in [0.4, 0.5) is 0 Å². The molecule has 0 heterocycles. The molecular formula is C9H25N3NaO3P. The van der Waals surface area contributed by atoms with E-state index in [-0.39, 0.29) is 37.1 Å². The molecule has 0 saturated heterocycles. The summed E-state index contributed by atoms with van der Waals surface area (Å²) in [5, 5.41) is 3.03. The Hall–Kier alpha value is 1.03. The summed E-state index contributed by atoms with van der Waals surface area (Å²) in [6, 6.07) is 0.